The molecule has 3 nitrogen and oxygen atoms in total. The van der Waals surface area contributed by atoms with Crippen molar-refractivity contribution in [3.05, 3.63) is 58.9 Å². The fourth-order valence-corrected chi connectivity index (χ4v) is 2.97. The second-order valence-electron chi connectivity index (χ2n) is 7.54. The number of hydrogen-bond donors (Lipinski definition) is 0. The molecule has 0 aliphatic carbocycles. The topological polar surface area (TPSA) is 17.3 Å². The summed E-state index contributed by atoms with van der Waals surface area (Å²) in [6.45, 7) is 7.38. The molecule has 0 atom stereocenters. The van der Waals surface area contributed by atoms with Gasteiger partial charge in [-0.25, -0.2) is 4.98 Å². The van der Waals surface area contributed by atoms with E-state index in [2.05, 4.69) is 82.8 Å². The second-order valence-corrected chi connectivity index (χ2v) is 7.54. The van der Waals surface area contributed by atoms with Crippen molar-refractivity contribution in [3.8, 4) is 11.3 Å². The molecule has 0 amide bonds. The minimum absolute atomic E-state index is 0.875. The van der Waals surface area contributed by atoms with Gasteiger partial charge in [0.25, 0.3) is 0 Å². The van der Waals surface area contributed by atoms with Crippen molar-refractivity contribution in [3.63, 3.8) is 0 Å². The van der Waals surface area contributed by atoms with Gasteiger partial charge < -0.3 is 4.48 Å². The fourth-order valence-electron chi connectivity index (χ4n) is 2.97. The molecule has 0 fully saturated rings. The molecule has 1 aromatic carbocycles. The third-order valence-corrected chi connectivity index (χ3v) is 4.35. The summed E-state index contributed by atoms with van der Waals surface area (Å²) < 4.78 is 3.13. The zero-order chi connectivity index (χ0) is 16.8. The van der Waals surface area contributed by atoms with Crippen LogP contribution in [0, 0.1) is 20.8 Å². The number of fused-ring (bicyclic) bond motifs is 1. The maximum atomic E-state index is 4.99. The first-order chi connectivity index (χ1) is 10.8. The predicted octanol–water partition coefficient (Wildman–Crippen LogP) is 4.13. The Hall–Kier alpha value is -2.13. The van der Waals surface area contributed by atoms with Crippen molar-refractivity contribution in [1.29, 1.82) is 0 Å². The van der Waals surface area contributed by atoms with Gasteiger partial charge in [-0.15, -0.1) is 0 Å². The minimum Gasteiger partial charge on any atom is -0.326 e. The molecule has 0 spiro atoms. The largest absolute Gasteiger partial charge is 0.326 e. The van der Waals surface area contributed by atoms with Gasteiger partial charge >= 0.3 is 0 Å². The summed E-state index contributed by atoms with van der Waals surface area (Å²) >= 11 is 0. The molecular weight excluding hydrogens is 282 g/mol. The highest BCUT2D eigenvalue weighted by molar-refractivity contribution is 5.68. The van der Waals surface area contributed by atoms with E-state index in [1.807, 2.05) is 0 Å². The van der Waals surface area contributed by atoms with E-state index in [0.29, 0.717) is 0 Å². The van der Waals surface area contributed by atoms with Crippen LogP contribution in [0.2, 0.25) is 0 Å². The molecule has 0 aliphatic heterocycles. The average Bonchev–Trinajstić information content (AvgIpc) is 2.80. The zero-order valence-electron chi connectivity index (χ0n) is 15.0. The molecule has 3 rings (SSSR count). The maximum Gasteiger partial charge on any atom is 0.140 e. The van der Waals surface area contributed by atoms with E-state index < -0.39 is 0 Å². The first-order valence-corrected chi connectivity index (χ1v) is 8.11. The summed E-state index contributed by atoms with van der Waals surface area (Å²) in [5, 5.41) is 0. The molecule has 2 aromatic heterocycles. The number of aromatic nitrogens is 2. The predicted molar refractivity (Wildman–Crippen MR) is 96.6 cm³/mol. The normalized spacial score (nSPS) is 12.1. The van der Waals surface area contributed by atoms with Gasteiger partial charge in [-0.3, -0.25) is 4.40 Å². The Bertz CT molecular complexity index is 866. The summed E-state index contributed by atoms with van der Waals surface area (Å²) in [5.41, 5.74) is 8.50. The van der Waals surface area contributed by atoms with Crippen LogP contribution in [0.15, 0.2) is 36.5 Å². The lowest BCUT2D eigenvalue weighted by atomic mass is 10.0. The van der Waals surface area contributed by atoms with E-state index >= 15 is 0 Å². The van der Waals surface area contributed by atoms with Crippen molar-refractivity contribution in [2.45, 2.75) is 27.3 Å². The fraction of sp³-hybridized carbons (Fsp3) is 0.350. The highest BCUT2D eigenvalue weighted by atomic mass is 15.3. The van der Waals surface area contributed by atoms with Crippen LogP contribution in [0.4, 0.5) is 0 Å². The highest BCUT2D eigenvalue weighted by Crippen LogP contribution is 2.28. The molecule has 120 valence electrons. The van der Waals surface area contributed by atoms with Gasteiger partial charge in [0.1, 0.15) is 17.9 Å². The summed E-state index contributed by atoms with van der Waals surface area (Å²) in [4.78, 5) is 4.99. The summed E-state index contributed by atoms with van der Waals surface area (Å²) in [6.07, 6.45) is 2.13. The minimum atomic E-state index is 0.875. The van der Waals surface area contributed by atoms with Crippen LogP contribution in [-0.2, 0) is 6.54 Å². The molecule has 3 aromatic rings. The van der Waals surface area contributed by atoms with Crippen molar-refractivity contribution >= 4 is 5.65 Å². The Morgan fingerprint density at radius 3 is 2.35 bits per heavy atom. The highest BCUT2D eigenvalue weighted by Gasteiger charge is 2.21. The van der Waals surface area contributed by atoms with Crippen LogP contribution in [0.25, 0.3) is 16.9 Å². The van der Waals surface area contributed by atoms with Crippen molar-refractivity contribution < 1.29 is 4.48 Å². The summed E-state index contributed by atoms with van der Waals surface area (Å²) in [6, 6.07) is 10.9. The number of imidazole rings is 1. The van der Waals surface area contributed by atoms with E-state index in [1.165, 1.54) is 27.9 Å². The quantitative estimate of drug-likeness (QED) is 0.665. The van der Waals surface area contributed by atoms with Gasteiger partial charge in [0.15, 0.2) is 0 Å². The van der Waals surface area contributed by atoms with E-state index in [-0.39, 0.29) is 0 Å². The molecule has 0 aliphatic rings. The van der Waals surface area contributed by atoms with Crippen LogP contribution in [0.3, 0.4) is 0 Å². The van der Waals surface area contributed by atoms with Crippen molar-refractivity contribution in [2.24, 2.45) is 0 Å². The number of benzene rings is 1. The van der Waals surface area contributed by atoms with Crippen LogP contribution in [0.1, 0.15) is 22.4 Å². The number of hydrogen-bond acceptors (Lipinski definition) is 1. The Morgan fingerprint density at radius 1 is 0.957 bits per heavy atom. The molecule has 3 heteroatoms. The third-order valence-electron chi connectivity index (χ3n) is 4.35. The van der Waals surface area contributed by atoms with E-state index in [9.17, 15) is 0 Å². The second kappa shape index (κ2) is 5.50. The Morgan fingerprint density at radius 2 is 1.70 bits per heavy atom. The maximum absolute atomic E-state index is 4.99. The Labute approximate surface area is 138 Å². The monoisotopic (exact) mass is 308 g/mol. The Kier molecular flexibility index (Phi) is 3.77. The number of quaternary nitrogens is 1. The molecule has 0 bridgehead atoms. The first-order valence-electron chi connectivity index (χ1n) is 8.11. The van der Waals surface area contributed by atoms with E-state index in [1.54, 1.807) is 0 Å². The molecule has 0 saturated heterocycles. The number of rotatable bonds is 3. The summed E-state index contributed by atoms with van der Waals surface area (Å²) in [7, 11) is 6.66. The number of pyridine rings is 1. The molecule has 2 heterocycles. The van der Waals surface area contributed by atoms with Crippen LogP contribution < -0.4 is 0 Å². The van der Waals surface area contributed by atoms with Crippen LogP contribution in [-0.4, -0.2) is 35.0 Å². The standard InChI is InChI=1S/C20H26N3/c1-14-9-10-17(12-16(14)3)19-18(13-23(4,5)6)22-11-7-8-15(2)20(22)21-19/h7-12H,13H2,1-6H3/q+1. The van der Waals surface area contributed by atoms with Gasteiger partial charge in [-0.05, 0) is 49.6 Å². The first kappa shape index (κ1) is 15.8. The van der Waals surface area contributed by atoms with Crippen molar-refractivity contribution in [2.75, 3.05) is 21.1 Å². The molecule has 0 saturated carbocycles. The Balaban J connectivity index is 2.28. The van der Waals surface area contributed by atoms with Gasteiger partial charge in [0, 0.05) is 11.8 Å². The summed E-state index contributed by atoms with van der Waals surface area (Å²) in [5.74, 6) is 0. The van der Waals surface area contributed by atoms with E-state index in [4.69, 9.17) is 4.98 Å². The van der Waals surface area contributed by atoms with Gasteiger partial charge in [0.05, 0.1) is 26.8 Å². The molecular formula is C20H26N3+. The molecule has 0 N–H and O–H groups in total. The SMILES string of the molecule is Cc1ccc(-c2nc3c(C)cccn3c2C[N+](C)(C)C)cc1C. The zero-order valence-corrected chi connectivity index (χ0v) is 15.0. The van der Waals surface area contributed by atoms with Crippen molar-refractivity contribution in [1.82, 2.24) is 9.38 Å². The average molecular weight is 308 g/mol. The molecule has 0 unspecified atom stereocenters. The number of nitrogens with zero attached hydrogens (tertiary/aromatic N) is 3. The van der Waals surface area contributed by atoms with Crippen LogP contribution in [0.5, 0.6) is 0 Å². The lowest BCUT2D eigenvalue weighted by molar-refractivity contribution is -0.884. The lowest BCUT2D eigenvalue weighted by Gasteiger charge is -2.24. The lowest BCUT2D eigenvalue weighted by Crippen LogP contribution is -2.34. The third kappa shape index (κ3) is 3.02. The van der Waals surface area contributed by atoms with Gasteiger partial charge in [-0.2, -0.15) is 0 Å². The van der Waals surface area contributed by atoms with Gasteiger partial charge in [-0.1, -0.05) is 18.2 Å². The molecule has 0 radical (unpaired) electrons. The smallest absolute Gasteiger partial charge is 0.140 e. The molecule has 23 heavy (non-hydrogen) atoms. The van der Waals surface area contributed by atoms with Gasteiger partial charge in [0.2, 0.25) is 0 Å². The van der Waals surface area contributed by atoms with E-state index in [0.717, 1.165) is 22.4 Å². The number of aryl methyl sites for hydroxylation is 3. The van der Waals surface area contributed by atoms with Crippen LogP contribution >= 0.6 is 0 Å².